The maximum atomic E-state index is 12.6. The van der Waals surface area contributed by atoms with Gasteiger partial charge in [0.1, 0.15) is 22.9 Å². The van der Waals surface area contributed by atoms with Gasteiger partial charge in [-0.05, 0) is 84.1 Å². The molecule has 38 heavy (non-hydrogen) atoms. The second kappa shape index (κ2) is 10.4. The van der Waals surface area contributed by atoms with E-state index in [9.17, 15) is 14.9 Å². The summed E-state index contributed by atoms with van der Waals surface area (Å²) in [6.07, 6.45) is 2.91. The standard InChI is InChI=1S/C28H28BrClN4O4/c1-27(2,3)16-28(4,5)32-25-24(31-23-13-8-18(29)15-33(23)25)17-6-10-20(11-7-17)38-26(35)21-12-9-19(34(36)37)14-22(21)30/h6-15,32H,16H2,1-5H3. The van der Waals surface area contributed by atoms with Gasteiger partial charge in [-0.2, -0.15) is 0 Å². The molecule has 2 aromatic heterocycles. The summed E-state index contributed by atoms with van der Waals surface area (Å²) < 4.78 is 8.42. The van der Waals surface area contributed by atoms with E-state index in [1.807, 2.05) is 34.9 Å². The SMILES string of the molecule is CC(C)(C)CC(C)(C)Nc1c(-c2ccc(OC(=O)c3ccc([N+](=O)[O-])cc3Cl)cc2)nc2ccc(Br)cn12. The van der Waals surface area contributed by atoms with Crippen LogP contribution in [0.4, 0.5) is 11.5 Å². The van der Waals surface area contributed by atoms with Gasteiger partial charge in [0, 0.05) is 33.9 Å². The Bertz CT molecular complexity index is 1520. The molecule has 2 aromatic carbocycles. The topological polar surface area (TPSA) is 98.8 Å². The van der Waals surface area contributed by atoms with E-state index >= 15 is 0 Å². The Labute approximate surface area is 234 Å². The van der Waals surface area contributed by atoms with Crippen LogP contribution in [-0.4, -0.2) is 25.8 Å². The molecule has 0 aliphatic heterocycles. The average molecular weight is 600 g/mol. The number of hydrogen-bond donors (Lipinski definition) is 1. The molecule has 0 spiro atoms. The van der Waals surface area contributed by atoms with Gasteiger partial charge in [-0.15, -0.1) is 0 Å². The minimum Gasteiger partial charge on any atom is -0.423 e. The lowest BCUT2D eigenvalue weighted by Crippen LogP contribution is -2.36. The minimum atomic E-state index is -0.707. The van der Waals surface area contributed by atoms with Crippen LogP contribution < -0.4 is 10.1 Å². The number of imidazole rings is 1. The summed E-state index contributed by atoms with van der Waals surface area (Å²) in [5.41, 5.74) is 2.14. The van der Waals surface area contributed by atoms with Crippen molar-refractivity contribution >= 4 is 50.7 Å². The Balaban J connectivity index is 1.64. The van der Waals surface area contributed by atoms with Crippen LogP contribution in [0.25, 0.3) is 16.9 Å². The third-order valence-electron chi connectivity index (χ3n) is 5.73. The van der Waals surface area contributed by atoms with Crippen molar-refractivity contribution in [1.82, 2.24) is 9.38 Å². The number of nitrogens with one attached hydrogen (secondary N) is 1. The fourth-order valence-corrected chi connectivity index (χ4v) is 5.24. The van der Waals surface area contributed by atoms with Gasteiger partial charge in [0.05, 0.1) is 15.5 Å². The lowest BCUT2D eigenvalue weighted by molar-refractivity contribution is -0.384. The summed E-state index contributed by atoms with van der Waals surface area (Å²) in [7, 11) is 0. The molecule has 4 aromatic rings. The predicted octanol–water partition coefficient (Wildman–Crippen LogP) is 8.17. The summed E-state index contributed by atoms with van der Waals surface area (Å²) >= 11 is 9.63. The van der Waals surface area contributed by atoms with Gasteiger partial charge in [-0.25, -0.2) is 9.78 Å². The van der Waals surface area contributed by atoms with E-state index in [1.165, 1.54) is 12.1 Å². The predicted molar refractivity (Wildman–Crippen MR) is 153 cm³/mol. The number of carbonyl (C=O) groups excluding carboxylic acids is 1. The van der Waals surface area contributed by atoms with Crippen molar-refractivity contribution in [3.63, 3.8) is 0 Å². The molecule has 0 aliphatic rings. The number of nitro benzene ring substituents is 1. The number of fused-ring (bicyclic) bond motifs is 1. The largest absolute Gasteiger partial charge is 0.423 e. The first-order valence-corrected chi connectivity index (χ1v) is 13.1. The number of non-ortho nitro benzene ring substituents is 1. The highest BCUT2D eigenvalue weighted by molar-refractivity contribution is 9.10. The molecule has 2 heterocycles. The summed E-state index contributed by atoms with van der Waals surface area (Å²) in [6, 6.07) is 14.5. The van der Waals surface area contributed by atoms with E-state index in [4.69, 9.17) is 21.3 Å². The normalized spacial score (nSPS) is 12.0. The van der Waals surface area contributed by atoms with Gasteiger partial charge < -0.3 is 10.1 Å². The third-order valence-corrected chi connectivity index (χ3v) is 6.51. The monoisotopic (exact) mass is 598 g/mol. The molecule has 198 valence electrons. The van der Waals surface area contributed by atoms with Gasteiger partial charge in [0.2, 0.25) is 0 Å². The second-order valence-electron chi connectivity index (χ2n) is 11.0. The third kappa shape index (κ3) is 6.34. The summed E-state index contributed by atoms with van der Waals surface area (Å²) in [6.45, 7) is 11.0. The number of anilines is 1. The molecular weight excluding hydrogens is 572 g/mol. The Kier molecular flexibility index (Phi) is 7.54. The van der Waals surface area contributed by atoms with Crippen molar-refractivity contribution in [3.8, 4) is 17.0 Å². The van der Waals surface area contributed by atoms with Crippen LogP contribution in [0.1, 0.15) is 51.4 Å². The maximum absolute atomic E-state index is 12.6. The zero-order valence-electron chi connectivity index (χ0n) is 21.7. The number of halogens is 2. The van der Waals surface area contributed by atoms with Gasteiger partial charge >= 0.3 is 5.97 Å². The van der Waals surface area contributed by atoms with Crippen molar-refractivity contribution in [2.45, 2.75) is 46.6 Å². The number of aromatic nitrogens is 2. The van der Waals surface area contributed by atoms with Crippen molar-refractivity contribution in [2.24, 2.45) is 5.41 Å². The highest BCUT2D eigenvalue weighted by Gasteiger charge is 2.28. The van der Waals surface area contributed by atoms with Gasteiger partial charge in [-0.1, -0.05) is 32.4 Å². The smallest absolute Gasteiger partial charge is 0.345 e. The van der Waals surface area contributed by atoms with Crippen molar-refractivity contribution < 1.29 is 14.5 Å². The van der Waals surface area contributed by atoms with Crippen LogP contribution in [-0.2, 0) is 0 Å². The number of esters is 1. The van der Waals surface area contributed by atoms with Crippen LogP contribution in [0.5, 0.6) is 5.75 Å². The molecule has 0 fully saturated rings. The minimum absolute atomic E-state index is 0.0415. The molecule has 0 bridgehead atoms. The average Bonchev–Trinajstić information content (AvgIpc) is 3.14. The Morgan fingerprint density at radius 1 is 1.11 bits per heavy atom. The van der Waals surface area contributed by atoms with E-state index in [-0.39, 0.29) is 27.2 Å². The van der Waals surface area contributed by atoms with Crippen LogP contribution in [0, 0.1) is 15.5 Å². The molecule has 0 saturated carbocycles. The molecule has 0 atom stereocenters. The molecule has 0 saturated heterocycles. The Hall–Kier alpha value is -3.43. The number of pyridine rings is 1. The van der Waals surface area contributed by atoms with Gasteiger partial charge in [0.15, 0.2) is 0 Å². The quantitative estimate of drug-likeness (QED) is 0.0995. The van der Waals surface area contributed by atoms with Gasteiger partial charge in [0.25, 0.3) is 5.69 Å². The van der Waals surface area contributed by atoms with Gasteiger partial charge in [-0.3, -0.25) is 14.5 Å². The number of carbonyl (C=O) groups is 1. The van der Waals surface area contributed by atoms with Crippen LogP contribution in [0.15, 0.2) is 65.3 Å². The number of nitrogens with zero attached hydrogens (tertiary/aromatic N) is 3. The number of benzene rings is 2. The van der Waals surface area contributed by atoms with E-state index in [1.54, 1.807) is 12.1 Å². The van der Waals surface area contributed by atoms with E-state index in [0.717, 1.165) is 39.7 Å². The maximum Gasteiger partial charge on any atom is 0.345 e. The molecule has 0 radical (unpaired) electrons. The fraction of sp³-hybridized carbons (Fsp3) is 0.286. The highest BCUT2D eigenvalue weighted by atomic mass is 79.9. The lowest BCUT2D eigenvalue weighted by atomic mass is 9.82. The van der Waals surface area contributed by atoms with E-state index < -0.39 is 10.9 Å². The molecular formula is C28H28BrClN4O4. The molecule has 8 nitrogen and oxygen atoms in total. The fourth-order valence-electron chi connectivity index (χ4n) is 4.66. The Morgan fingerprint density at radius 3 is 2.39 bits per heavy atom. The highest BCUT2D eigenvalue weighted by Crippen LogP contribution is 2.36. The van der Waals surface area contributed by atoms with Crippen LogP contribution in [0.3, 0.4) is 0 Å². The van der Waals surface area contributed by atoms with Crippen molar-refractivity contribution in [1.29, 1.82) is 0 Å². The summed E-state index contributed by atoms with van der Waals surface area (Å²) in [5, 5.41) is 14.6. The number of hydrogen-bond acceptors (Lipinski definition) is 6. The van der Waals surface area contributed by atoms with Crippen LogP contribution >= 0.6 is 27.5 Å². The summed E-state index contributed by atoms with van der Waals surface area (Å²) in [5.74, 6) is 0.460. The van der Waals surface area contributed by atoms with E-state index in [2.05, 4.69) is 55.9 Å². The number of nitro groups is 1. The van der Waals surface area contributed by atoms with Crippen molar-refractivity contribution in [2.75, 3.05) is 5.32 Å². The zero-order valence-corrected chi connectivity index (χ0v) is 24.1. The summed E-state index contributed by atoms with van der Waals surface area (Å²) in [4.78, 5) is 27.9. The molecule has 0 amide bonds. The number of ether oxygens (including phenoxy) is 1. The molecule has 0 aliphatic carbocycles. The first-order valence-electron chi connectivity index (χ1n) is 11.9. The van der Waals surface area contributed by atoms with E-state index in [0.29, 0.717) is 5.75 Å². The lowest BCUT2D eigenvalue weighted by Gasteiger charge is -2.34. The number of rotatable bonds is 7. The van der Waals surface area contributed by atoms with Crippen molar-refractivity contribution in [3.05, 3.63) is 86.0 Å². The zero-order chi connectivity index (χ0) is 27.8. The molecule has 10 heteroatoms. The molecule has 0 unspecified atom stereocenters. The first-order chi connectivity index (χ1) is 17.7. The second-order valence-corrected chi connectivity index (χ2v) is 12.3. The Morgan fingerprint density at radius 2 is 1.79 bits per heavy atom. The molecule has 1 N–H and O–H groups in total. The first kappa shape index (κ1) is 27.6. The van der Waals surface area contributed by atoms with Crippen LogP contribution in [0.2, 0.25) is 5.02 Å². The molecule has 4 rings (SSSR count).